The first-order chi connectivity index (χ1) is 7.81. The van der Waals surface area contributed by atoms with Gasteiger partial charge in [-0.05, 0) is 24.6 Å². The van der Waals surface area contributed by atoms with Crippen LogP contribution in [-0.4, -0.2) is 19.9 Å². The van der Waals surface area contributed by atoms with E-state index in [9.17, 15) is 0 Å². The maximum absolute atomic E-state index is 5.76. The van der Waals surface area contributed by atoms with Gasteiger partial charge in [-0.3, -0.25) is 0 Å². The molecule has 0 bridgehead atoms. The molecular weight excluding hydrogens is 222 g/mol. The lowest BCUT2D eigenvalue weighted by Gasteiger charge is -2.02. The van der Waals surface area contributed by atoms with E-state index in [2.05, 4.69) is 19.9 Å². The van der Waals surface area contributed by atoms with Gasteiger partial charge in [0.2, 0.25) is 0 Å². The number of hydrogen-bond donors (Lipinski definition) is 2. The maximum Gasteiger partial charge on any atom is 0.171 e. The average molecular weight is 233 g/mol. The smallest absolute Gasteiger partial charge is 0.171 e. The topological polar surface area (TPSA) is 80.5 Å². The highest BCUT2D eigenvalue weighted by Gasteiger charge is 2.27. The fraction of sp³-hybridized carbons (Fsp3) is 0.300. The molecule has 82 valence electrons. The third-order valence-corrected chi connectivity index (χ3v) is 3.19. The highest BCUT2D eigenvalue weighted by molar-refractivity contribution is 7.99. The Morgan fingerprint density at radius 1 is 1.38 bits per heavy atom. The lowest BCUT2D eigenvalue weighted by Crippen LogP contribution is -1.99. The minimum absolute atomic E-state index is 0.513. The molecule has 1 fully saturated rings. The highest BCUT2D eigenvalue weighted by atomic mass is 32.2. The monoisotopic (exact) mass is 233 g/mol. The Morgan fingerprint density at radius 2 is 2.25 bits per heavy atom. The second kappa shape index (κ2) is 3.79. The maximum atomic E-state index is 5.76. The van der Waals surface area contributed by atoms with Crippen molar-refractivity contribution in [3.8, 4) is 0 Å². The number of nitrogens with zero attached hydrogens (tertiary/aromatic N) is 3. The van der Waals surface area contributed by atoms with Crippen molar-refractivity contribution in [2.75, 3.05) is 5.73 Å². The molecule has 0 unspecified atom stereocenters. The summed E-state index contributed by atoms with van der Waals surface area (Å²) in [7, 11) is 0. The fourth-order valence-electron chi connectivity index (χ4n) is 1.44. The van der Waals surface area contributed by atoms with Crippen molar-refractivity contribution in [3.63, 3.8) is 0 Å². The van der Waals surface area contributed by atoms with Gasteiger partial charge >= 0.3 is 0 Å². The van der Waals surface area contributed by atoms with E-state index in [0.29, 0.717) is 11.7 Å². The van der Waals surface area contributed by atoms with Crippen molar-refractivity contribution < 1.29 is 0 Å². The Hall–Kier alpha value is -1.56. The van der Waals surface area contributed by atoms with Gasteiger partial charge in [-0.2, -0.15) is 0 Å². The molecule has 2 aromatic rings. The Balaban J connectivity index is 1.88. The Morgan fingerprint density at radius 3 is 2.94 bits per heavy atom. The van der Waals surface area contributed by atoms with Gasteiger partial charge in [0, 0.05) is 24.4 Å². The number of rotatable bonds is 3. The second-order valence-corrected chi connectivity index (χ2v) is 4.77. The summed E-state index contributed by atoms with van der Waals surface area (Å²) in [6, 6.07) is 1.78. The van der Waals surface area contributed by atoms with E-state index >= 15 is 0 Å². The Kier molecular flexibility index (Phi) is 2.28. The Labute approximate surface area is 96.9 Å². The summed E-state index contributed by atoms with van der Waals surface area (Å²) in [6.07, 6.45) is 5.85. The van der Waals surface area contributed by atoms with E-state index in [1.165, 1.54) is 24.6 Å². The van der Waals surface area contributed by atoms with Crippen LogP contribution in [0.25, 0.3) is 0 Å². The van der Waals surface area contributed by atoms with Crippen LogP contribution in [-0.2, 0) is 0 Å². The zero-order valence-corrected chi connectivity index (χ0v) is 9.37. The molecule has 0 spiro atoms. The molecule has 0 atom stereocenters. The third kappa shape index (κ3) is 2.01. The molecule has 1 aliphatic rings. The number of aromatic nitrogens is 4. The van der Waals surface area contributed by atoms with Gasteiger partial charge in [0.1, 0.15) is 16.7 Å². The molecule has 0 radical (unpaired) electrons. The number of aromatic amines is 1. The fourth-order valence-corrected chi connectivity index (χ4v) is 2.20. The summed E-state index contributed by atoms with van der Waals surface area (Å²) in [4.78, 5) is 15.9. The summed E-state index contributed by atoms with van der Waals surface area (Å²) in [5.74, 6) is 1.92. The number of nitrogens with two attached hydrogens (primary N) is 1. The summed E-state index contributed by atoms with van der Waals surface area (Å²) in [5.41, 5.74) is 5.76. The summed E-state index contributed by atoms with van der Waals surface area (Å²) < 4.78 is 0. The molecule has 2 heterocycles. The van der Waals surface area contributed by atoms with Gasteiger partial charge in [0.05, 0.1) is 0 Å². The molecule has 2 aromatic heterocycles. The minimum Gasteiger partial charge on any atom is -0.384 e. The predicted octanol–water partition coefficient (Wildman–Crippen LogP) is 1.81. The van der Waals surface area contributed by atoms with Crippen molar-refractivity contribution in [3.05, 3.63) is 24.3 Å². The molecule has 1 aliphatic carbocycles. The molecule has 1 saturated carbocycles. The van der Waals surface area contributed by atoms with Crippen molar-refractivity contribution in [2.24, 2.45) is 0 Å². The molecule has 16 heavy (non-hydrogen) atoms. The molecule has 3 N–H and O–H groups in total. The lowest BCUT2D eigenvalue weighted by molar-refractivity contribution is 0.881. The molecule has 0 aliphatic heterocycles. The van der Waals surface area contributed by atoms with Crippen LogP contribution in [0.15, 0.2) is 28.6 Å². The highest BCUT2D eigenvalue weighted by Crippen LogP contribution is 2.39. The van der Waals surface area contributed by atoms with Crippen molar-refractivity contribution in [1.29, 1.82) is 0 Å². The van der Waals surface area contributed by atoms with E-state index < -0.39 is 0 Å². The first-order valence-electron chi connectivity index (χ1n) is 5.13. The van der Waals surface area contributed by atoms with Crippen LogP contribution in [0.2, 0.25) is 0 Å². The van der Waals surface area contributed by atoms with Gasteiger partial charge in [-0.15, -0.1) is 0 Å². The SMILES string of the molecule is Nc1cc(Sc2ncc[nH]2)nc(C2CC2)n1. The van der Waals surface area contributed by atoms with Gasteiger partial charge < -0.3 is 10.7 Å². The molecule has 0 amide bonds. The molecule has 3 rings (SSSR count). The number of nitrogen functional groups attached to an aromatic ring is 1. The molecule has 5 nitrogen and oxygen atoms in total. The van der Waals surface area contributed by atoms with Crippen LogP contribution >= 0.6 is 11.8 Å². The van der Waals surface area contributed by atoms with E-state index in [0.717, 1.165) is 16.0 Å². The molecule has 0 saturated heterocycles. The third-order valence-electron chi connectivity index (χ3n) is 2.36. The van der Waals surface area contributed by atoms with Crippen molar-refractivity contribution in [2.45, 2.75) is 28.9 Å². The van der Waals surface area contributed by atoms with Crippen molar-refractivity contribution in [1.82, 2.24) is 19.9 Å². The quantitative estimate of drug-likeness (QED) is 0.790. The van der Waals surface area contributed by atoms with Crippen LogP contribution < -0.4 is 5.73 Å². The van der Waals surface area contributed by atoms with Gasteiger partial charge in [0.25, 0.3) is 0 Å². The van der Waals surface area contributed by atoms with Crippen molar-refractivity contribution >= 4 is 17.6 Å². The predicted molar refractivity (Wildman–Crippen MR) is 61.1 cm³/mol. The Bertz CT molecular complexity index is 492. The molecule has 6 heteroatoms. The van der Waals surface area contributed by atoms with Crippen LogP contribution in [0.5, 0.6) is 0 Å². The largest absolute Gasteiger partial charge is 0.384 e. The van der Waals surface area contributed by atoms with Gasteiger partial charge in [-0.25, -0.2) is 15.0 Å². The van der Waals surface area contributed by atoms with E-state index in [-0.39, 0.29) is 0 Å². The average Bonchev–Trinajstić information content (AvgIpc) is 2.98. The first kappa shape index (κ1) is 9.65. The molecular formula is C10H11N5S. The number of hydrogen-bond acceptors (Lipinski definition) is 5. The van der Waals surface area contributed by atoms with Gasteiger partial charge in [-0.1, -0.05) is 0 Å². The summed E-state index contributed by atoms with van der Waals surface area (Å²) in [6.45, 7) is 0. The normalized spacial score (nSPS) is 15.2. The second-order valence-electron chi connectivity index (χ2n) is 3.76. The number of anilines is 1. The van der Waals surface area contributed by atoms with E-state index in [4.69, 9.17) is 5.73 Å². The number of nitrogens with one attached hydrogen (secondary N) is 1. The minimum atomic E-state index is 0.513. The van der Waals surface area contributed by atoms with Crippen LogP contribution in [0.4, 0.5) is 5.82 Å². The molecule has 0 aromatic carbocycles. The van der Waals surface area contributed by atoms with Crippen LogP contribution in [0.3, 0.4) is 0 Å². The standard InChI is InChI=1S/C10H11N5S/c11-7-5-8(16-10-12-3-4-13-10)15-9(14-7)6-1-2-6/h3-6H,1-2H2,(H,12,13)(H2,11,14,15). The first-order valence-corrected chi connectivity index (χ1v) is 5.94. The van der Waals surface area contributed by atoms with E-state index in [1.54, 1.807) is 18.5 Å². The number of H-pyrrole nitrogens is 1. The summed E-state index contributed by atoms with van der Waals surface area (Å²) in [5, 5.41) is 1.67. The zero-order chi connectivity index (χ0) is 11.0. The summed E-state index contributed by atoms with van der Waals surface area (Å²) >= 11 is 1.47. The zero-order valence-electron chi connectivity index (χ0n) is 8.55. The van der Waals surface area contributed by atoms with Crippen LogP contribution in [0, 0.1) is 0 Å². The van der Waals surface area contributed by atoms with E-state index in [1.807, 2.05) is 0 Å². The van der Waals surface area contributed by atoms with Crippen LogP contribution in [0.1, 0.15) is 24.6 Å². The lowest BCUT2D eigenvalue weighted by atomic mass is 10.4. The van der Waals surface area contributed by atoms with Gasteiger partial charge in [0.15, 0.2) is 5.16 Å². The number of imidazole rings is 1.